The Bertz CT molecular complexity index is 440. The molecule has 0 amide bonds. The van der Waals surface area contributed by atoms with Gasteiger partial charge in [0, 0.05) is 11.2 Å². The van der Waals surface area contributed by atoms with Crippen LogP contribution in [0.4, 0.5) is 0 Å². The lowest BCUT2D eigenvalue weighted by atomic mass is 9.97. The summed E-state index contributed by atoms with van der Waals surface area (Å²) in [6.07, 6.45) is 7.76. The first-order valence-electron chi connectivity index (χ1n) is 5.95. The first-order valence-corrected chi connectivity index (χ1v) is 7.87. The molecule has 0 aromatic heterocycles. The van der Waals surface area contributed by atoms with E-state index in [9.17, 15) is 4.21 Å². The first-order chi connectivity index (χ1) is 7.68. The molecule has 2 rings (SSSR count). The van der Waals surface area contributed by atoms with Gasteiger partial charge < -0.3 is 0 Å². The van der Waals surface area contributed by atoms with E-state index in [1.54, 1.807) is 6.26 Å². The minimum Gasteiger partial charge on any atom is -0.245 e. The molecule has 88 valence electrons. The first kappa shape index (κ1) is 11.6. The zero-order valence-corrected chi connectivity index (χ0v) is 10.6. The van der Waals surface area contributed by atoms with E-state index in [0.717, 1.165) is 17.7 Å². The second-order valence-corrected chi connectivity index (χ2v) is 6.80. The molecule has 1 unspecified atom stereocenters. The fourth-order valence-electron chi connectivity index (χ4n) is 2.20. The van der Waals surface area contributed by atoms with Gasteiger partial charge in [-0.15, -0.1) is 0 Å². The summed E-state index contributed by atoms with van der Waals surface area (Å²) in [6.45, 7) is 0. The van der Waals surface area contributed by atoms with E-state index in [4.69, 9.17) is 0 Å². The second kappa shape index (κ2) is 5.00. The maximum absolute atomic E-state index is 12.5. The molecular weight excluding hydrogens is 218 g/mol. The predicted molar refractivity (Wildman–Crippen MR) is 68.1 cm³/mol. The lowest BCUT2D eigenvalue weighted by molar-refractivity contribution is 0.445. The van der Waals surface area contributed by atoms with E-state index in [-0.39, 0.29) is 0 Å². The molecule has 0 spiro atoms. The molecule has 0 N–H and O–H groups in total. The summed E-state index contributed by atoms with van der Waals surface area (Å²) in [6, 6.07) is 9.93. The van der Waals surface area contributed by atoms with Crippen molar-refractivity contribution in [3.63, 3.8) is 0 Å². The van der Waals surface area contributed by atoms with E-state index >= 15 is 0 Å². The minimum absolute atomic E-state index is 0.312. The summed E-state index contributed by atoms with van der Waals surface area (Å²) in [4.78, 5) is 0.862. The van der Waals surface area contributed by atoms with Crippen LogP contribution in [0.5, 0.6) is 0 Å². The van der Waals surface area contributed by atoms with Gasteiger partial charge in [-0.25, -0.2) is 8.57 Å². The normalized spacial score (nSPS) is 21.3. The quantitative estimate of drug-likeness (QED) is 0.774. The highest BCUT2D eigenvalue weighted by Crippen LogP contribution is 2.23. The van der Waals surface area contributed by atoms with Crippen molar-refractivity contribution in [2.75, 3.05) is 6.26 Å². The third-order valence-corrected chi connectivity index (χ3v) is 4.95. The molecule has 0 bridgehead atoms. The molecule has 1 aromatic rings. The summed E-state index contributed by atoms with van der Waals surface area (Å²) < 4.78 is 17.1. The summed E-state index contributed by atoms with van der Waals surface area (Å²) in [5, 5.41) is 0. The van der Waals surface area contributed by atoms with E-state index in [1.807, 2.05) is 30.3 Å². The van der Waals surface area contributed by atoms with Crippen LogP contribution in [0.2, 0.25) is 0 Å². The van der Waals surface area contributed by atoms with E-state index in [0.29, 0.717) is 6.04 Å². The highest BCUT2D eigenvalue weighted by molar-refractivity contribution is 7.93. The molecule has 0 aliphatic heterocycles. The zero-order chi connectivity index (χ0) is 11.4. The van der Waals surface area contributed by atoms with Gasteiger partial charge in [-0.1, -0.05) is 37.5 Å². The fraction of sp³-hybridized carbons (Fsp3) is 0.538. The smallest absolute Gasteiger partial charge is 0.0725 e. The average Bonchev–Trinajstić information content (AvgIpc) is 2.31. The Morgan fingerprint density at radius 1 is 1.12 bits per heavy atom. The SMILES string of the molecule is CS(=O)(=NC1CCCCC1)c1ccccc1. The van der Waals surface area contributed by atoms with Gasteiger partial charge in [0.2, 0.25) is 0 Å². The van der Waals surface area contributed by atoms with Crippen LogP contribution in [-0.2, 0) is 9.73 Å². The molecule has 2 nitrogen and oxygen atoms in total. The van der Waals surface area contributed by atoms with Crippen LogP contribution < -0.4 is 0 Å². The summed E-state index contributed by atoms with van der Waals surface area (Å²) in [7, 11) is -2.18. The third kappa shape index (κ3) is 2.85. The topological polar surface area (TPSA) is 29.4 Å². The molecule has 1 fully saturated rings. The van der Waals surface area contributed by atoms with Gasteiger partial charge in [-0.3, -0.25) is 0 Å². The fourth-order valence-corrected chi connectivity index (χ4v) is 3.77. The number of rotatable bonds is 2. The zero-order valence-electron chi connectivity index (χ0n) is 9.76. The minimum atomic E-state index is -2.18. The van der Waals surface area contributed by atoms with Crippen molar-refractivity contribution < 1.29 is 4.21 Å². The number of benzene rings is 1. The molecule has 1 aliphatic rings. The Morgan fingerprint density at radius 3 is 2.38 bits per heavy atom. The Kier molecular flexibility index (Phi) is 3.64. The van der Waals surface area contributed by atoms with Gasteiger partial charge >= 0.3 is 0 Å². The Morgan fingerprint density at radius 2 is 1.75 bits per heavy atom. The van der Waals surface area contributed by atoms with Crippen LogP contribution in [-0.4, -0.2) is 16.5 Å². The van der Waals surface area contributed by atoms with Gasteiger partial charge in [0.1, 0.15) is 0 Å². The van der Waals surface area contributed by atoms with Gasteiger partial charge in [0.25, 0.3) is 0 Å². The lowest BCUT2D eigenvalue weighted by Gasteiger charge is -2.18. The van der Waals surface area contributed by atoms with Crippen LogP contribution >= 0.6 is 0 Å². The molecular formula is C13H19NOS. The average molecular weight is 237 g/mol. The monoisotopic (exact) mass is 237 g/mol. The summed E-state index contributed by atoms with van der Waals surface area (Å²) in [5.41, 5.74) is 0. The van der Waals surface area contributed by atoms with Gasteiger partial charge in [0.15, 0.2) is 0 Å². The predicted octanol–water partition coefficient (Wildman–Crippen LogP) is 3.48. The maximum atomic E-state index is 12.5. The maximum Gasteiger partial charge on any atom is 0.0725 e. The largest absolute Gasteiger partial charge is 0.245 e. The second-order valence-electron chi connectivity index (χ2n) is 4.51. The van der Waals surface area contributed by atoms with Crippen molar-refractivity contribution >= 4 is 9.73 Å². The highest BCUT2D eigenvalue weighted by Gasteiger charge is 2.15. The molecule has 16 heavy (non-hydrogen) atoms. The molecule has 1 aromatic carbocycles. The molecule has 0 heterocycles. The standard InChI is InChI=1S/C13H19NOS/c1-16(15,13-10-6-3-7-11-13)14-12-8-4-2-5-9-12/h3,6-7,10-12H,2,4-5,8-9H2,1H3. The Hall–Kier alpha value is -0.830. The van der Waals surface area contributed by atoms with Crippen LogP contribution in [0.15, 0.2) is 39.6 Å². The van der Waals surface area contributed by atoms with Gasteiger partial charge in [0.05, 0.1) is 15.8 Å². The van der Waals surface area contributed by atoms with Crippen molar-refractivity contribution in [2.45, 2.75) is 43.0 Å². The summed E-state index contributed by atoms with van der Waals surface area (Å²) >= 11 is 0. The molecule has 1 saturated carbocycles. The van der Waals surface area contributed by atoms with Crippen molar-refractivity contribution in [1.29, 1.82) is 0 Å². The van der Waals surface area contributed by atoms with Crippen LogP contribution in [0.1, 0.15) is 32.1 Å². The molecule has 0 saturated heterocycles. The Labute approximate surface area is 98.3 Å². The number of hydrogen-bond donors (Lipinski definition) is 0. The Balaban J connectivity index is 2.24. The van der Waals surface area contributed by atoms with Gasteiger partial charge in [-0.2, -0.15) is 0 Å². The van der Waals surface area contributed by atoms with Crippen molar-refractivity contribution in [2.24, 2.45) is 4.36 Å². The van der Waals surface area contributed by atoms with Crippen LogP contribution in [0.25, 0.3) is 0 Å². The number of hydrogen-bond acceptors (Lipinski definition) is 2. The van der Waals surface area contributed by atoms with Crippen LogP contribution in [0, 0.1) is 0 Å². The van der Waals surface area contributed by atoms with Crippen molar-refractivity contribution in [1.82, 2.24) is 0 Å². The van der Waals surface area contributed by atoms with E-state index in [2.05, 4.69) is 4.36 Å². The molecule has 1 atom stereocenters. The van der Waals surface area contributed by atoms with E-state index < -0.39 is 9.73 Å². The third-order valence-electron chi connectivity index (χ3n) is 3.11. The van der Waals surface area contributed by atoms with Crippen molar-refractivity contribution in [3.05, 3.63) is 30.3 Å². The van der Waals surface area contributed by atoms with E-state index in [1.165, 1.54) is 19.3 Å². The number of nitrogens with zero attached hydrogens (tertiary/aromatic N) is 1. The van der Waals surface area contributed by atoms with Crippen LogP contribution in [0.3, 0.4) is 0 Å². The molecule has 0 radical (unpaired) electrons. The molecule has 3 heteroatoms. The lowest BCUT2D eigenvalue weighted by Crippen LogP contribution is -2.12. The highest BCUT2D eigenvalue weighted by atomic mass is 32.2. The molecule has 1 aliphatic carbocycles. The van der Waals surface area contributed by atoms with Gasteiger partial charge in [-0.05, 0) is 25.0 Å². The van der Waals surface area contributed by atoms with Crippen molar-refractivity contribution in [3.8, 4) is 0 Å². The summed E-state index contributed by atoms with van der Waals surface area (Å²) in [5.74, 6) is 0.